The molecule has 0 bridgehead atoms. The lowest BCUT2D eigenvalue weighted by molar-refractivity contribution is 1.17. The fourth-order valence-corrected chi connectivity index (χ4v) is 5.96. The second kappa shape index (κ2) is 5.38. The van der Waals surface area contributed by atoms with E-state index in [0.717, 1.165) is 24.0 Å². The van der Waals surface area contributed by atoms with Gasteiger partial charge in [0.1, 0.15) is 5.65 Å². The number of benzene rings is 3. The molecule has 6 aromatic rings. The Hall–Kier alpha value is -3.98. The highest BCUT2D eigenvalue weighted by molar-refractivity contribution is 6.15. The van der Waals surface area contributed by atoms with Crippen molar-refractivity contribution in [3.8, 4) is 22.3 Å². The van der Waals surface area contributed by atoms with E-state index < -0.39 is 0 Å². The predicted molar refractivity (Wildman–Crippen MR) is 124 cm³/mol. The average Bonchev–Trinajstić information content (AvgIpc) is 3.53. The molecule has 3 aromatic carbocycles. The molecule has 0 saturated heterocycles. The Morgan fingerprint density at radius 2 is 1.48 bits per heavy atom. The molecule has 2 aliphatic rings. The van der Waals surface area contributed by atoms with Crippen LogP contribution in [0.5, 0.6) is 0 Å². The normalized spacial score (nSPS) is 13.5. The van der Waals surface area contributed by atoms with Crippen LogP contribution in [-0.2, 0) is 12.8 Å². The molecule has 0 N–H and O–H groups in total. The van der Waals surface area contributed by atoms with Crippen LogP contribution in [0.1, 0.15) is 22.3 Å². The zero-order valence-corrected chi connectivity index (χ0v) is 16.8. The first-order chi connectivity index (χ1) is 15.4. The number of hydrogen-bond donors (Lipinski definition) is 0. The summed E-state index contributed by atoms with van der Waals surface area (Å²) in [5, 5.41) is 3.77. The van der Waals surface area contributed by atoms with Crippen molar-refractivity contribution in [2.75, 3.05) is 0 Å². The van der Waals surface area contributed by atoms with Gasteiger partial charge in [-0.25, -0.2) is 4.98 Å². The molecular weight excluding hydrogens is 378 g/mol. The average molecular weight is 395 g/mol. The van der Waals surface area contributed by atoms with Gasteiger partial charge in [0, 0.05) is 29.4 Å². The number of pyridine rings is 2. The Balaban J connectivity index is 1.46. The first kappa shape index (κ1) is 15.8. The van der Waals surface area contributed by atoms with Crippen LogP contribution in [-0.4, -0.2) is 14.4 Å². The molecule has 31 heavy (non-hydrogen) atoms. The Labute approximate surface area is 178 Å². The minimum absolute atomic E-state index is 0.971. The van der Waals surface area contributed by atoms with Crippen molar-refractivity contribution in [3.05, 3.63) is 102 Å². The summed E-state index contributed by atoms with van der Waals surface area (Å²) in [6.45, 7) is 0. The maximum absolute atomic E-state index is 4.78. The lowest BCUT2D eigenvalue weighted by atomic mass is 9.96. The van der Waals surface area contributed by atoms with E-state index in [-0.39, 0.29) is 0 Å². The molecule has 8 rings (SSSR count). The number of fused-ring (bicyclic) bond motifs is 14. The smallest absolute Gasteiger partial charge is 0.145 e. The van der Waals surface area contributed by atoms with Gasteiger partial charge in [-0.05, 0) is 68.8 Å². The van der Waals surface area contributed by atoms with E-state index in [1.807, 2.05) is 18.6 Å². The number of hydrogen-bond acceptors (Lipinski definition) is 2. The molecule has 0 spiro atoms. The highest BCUT2D eigenvalue weighted by Crippen LogP contribution is 2.48. The van der Waals surface area contributed by atoms with Crippen molar-refractivity contribution in [2.45, 2.75) is 12.8 Å². The quantitative estimate of drug-likeness (QED) is 0.287. The summed E-state index contributed by atoms with van der Waals surface area (Å²) in [6, 6.07) is 20.2. The van der Waals surface area contributed by atoms with Crippen molar-refractivity contribution in [2.24, 2.45) is 0 Å². The van der Waals surface area contributed by atoms with Crippen molar-refractivity contribution >= 4 is 27.3 Å². The maximum Gasteiger partial charge on any atom is 0.145 e. The molecule has 0 saturated carbocycles. The molecule has 3 nitrogen and oxygen atoms in total. The van der Waals surface area contributed by atoms with E-state index in [1.165, 1.54) is 60.7 Å². The Morgan fingerprint density at radius 3 is 2.45 bits per heavy atom. The molecule has 0 radical (unpaired) electrons. The highest BCUT2D eigenvalue weighted by atomic mass is 15.0. The largest absolute Gasteiger partial charge is 0.298 e. The third kappa shape index (κ3) is 1.85. The van der Waals surface area contributed by atoms with Gasteiger partial charge in [-0.15, -0.1) is 0 Å². The summed E-state index contributed by atoms with van der Waals surface area (Å²) in [6.07, 6.45) is 9.78. The van der Waals surface area contributed by atoms with Crippen LogP contribution in [0, 0.1) is 0 Å². The predicted octanol–water partition coefficient (Wildman–Crippen LogP) is 6.18. The second-order valence-electron chi connectivity index (χ2n) is 8.66. The number of rotatable bonds is 0. The molecule has 0 amide bonds. The van der Waals surface area contributed by atoms with Crippen LogP contribution in [0.15, 0.2) is 79.4 Å². The molecule has 0 unspecified atom stereocenters. The zero-order valence-electron chi connectivity index (χ0n) is 16.8. The summed E-state index contributed by atoms with van der Waals surface area (Å²) in [4.78, 5) is 9.14. The van der Waals surface area contributed by atoms with Gasteiger partial charge in [-0.3, -0.25) is 9.38 Å². The summed E-state index contributed by atoms with van der Waals surface area (Å²) < 4.78 is 2.19. The first-order valence-electron chi connectivity index (χ1n) is 10.8. The van der Waals surface area contributed by atoms with E-state index in [2.05, 4.69) is 70.2 Å². The lowest BCUT2D eigenvalue weighted by Gasteiger charge is -2.11. The van der Waals surface area contributed by atoms with E-state index in [1.54, 1.807) is 0 Å². The maximum atomic E-state index is 4.78. The number of aromatic nitrogens is 3. The van der Waals surface area contributed by atoms with Crippen molar-refractivity contribution in [1.29, 1.82) is 0 Å². The highest BCUT2D eigenvalue weighted by Gasteiger charge is 2.29. The fraction of sp³-hybridized carbons (Fsp3) is 0.0714. The summed E-state index contributed by atoms with van der Waals surface area (Å²) in [7, 11) is 0. The third-order valence-corrected chi connectivity index (χ3v) is 7.28. The Morgan fingerprint density at radius 1 is 0.677 bits per heavy atom. The lowest BCUT2D eigenvalue weighted by Crippen LogP contribution is -1.95. The molecule has 144 valence electrons. The van der Waals surface area contributed by atoms with Crippen LogP contribution in [0.3, 0.4) is 0 Å². The number of nitrogens with zero attached hydrogens (tertiary/aromatic N) is 3. The van der Waals surface area contributed by atoms with E-state index in [9.17, 15) is 0 Å². The standard InChI is InChI=1S/C28H17N3/c1-2-4-17-16(3-1)13-23-18(17)5-6-19-20-7-8-22-21-9-10-29-15-26(21)31-12-11-30-28(31)27(22)25(20)14-24(19)23/h1-12,15H,13-14H2. The van der Waals surface area contributed by atoms with Gasteiger partial charge >= 0.3 is 0 Å². The molecule has 0 atom stereocenters. The van der Waals surface area contributed by atoms with E-state index in [0.29, 0.717) is 0 Å². The van der Waals surface area contributed by atoms with Gasteiger partial charge < -0.3 is 0 Å². The SMILES string of the molecule is c1ccc2c(c1)Cc1c-2ccc2c1Cc1c-2ccc2c3ccncc3n3ccnc3c12. The topological polar surface area (TPSA) is 30.2 Å². The van der Waals surface area contributed by atoms with Crippen molar-refractivity contribution in [3.63, 3.8) is 0 Å². The van der Waals surface area contributed by atoms with Gasteiger partial charge in [0.25, 0.3) is 0 Å². The van der Waals surface area contributed by atoms with Gasteiger partial charge in [0.2, 0.25) is 0 Å². The van der Waals surface area contributed by atoms with Crippen LogP contribution in [0.2, 0.25) is 0 Å². The monoisotopic (exact) mass is 395 g/mol. The zero-order chi connectivity index (χ0) is 20.1. The molecule has 0 aliphatic heterocycles. The first-order valence-corrected chi connectivity index (χ1v) is 10.8. The Bertz CT molecular complexity index is 1740. The van der Waals surface area contributed by atoms with Crippen LogP contribution in [0.4, 0.5) is 0 Å². The molecular formula is C28H17N3. The van der Waals surface area contributed by atoms with Gasteiger partial charge in [0.15, 0.2) is 0 Å². The van der Waals surface area contributed by atoms with Gasteiger partial charge in [-0.2, -0.15) is 0 Å². The molecule has 3 heteroatoms. The summed E-state index contributed by atoms with van der Waals surface area (Å²) >= 11 is 0. The van der Waals surface area contributed by atoms with Crippen LogP contribution in [0.25, 0.3) is 49.6 Å². The van der Waals surface area contributed by atoms with Gasteiger partial charge in [0.05, 0.1) is 11.7 Å². The Kier molecular flexibility index (Phi) is 2.74. The summed E-state index contributed by atoms with van der Waals surface area (Å²) in [5.41, 5.74) is 13.6. The minimum atomic E-state index is 0.971. The molecule has 3 heterocycles. The number of imidazole rings is 1. The second-order valence-corrected chi connectivity index (χ2v) is 8.66. The third-order valence-electron chi connectivity index (χ3n) is 7.28. The van der Waals surface area contributed by atoms with E-state index in [4.69, 9.17) is 4.98 Å². The summed E-state index contributed by atoms with van der Waals surface area (Å²) in [5.74, 6) is 0. The van der Waals surface area contributed by atoms with Crippen LogP contribution >= 0.6 is 0 Å². The van der Waals surface area contributed by atoms with Crippen molar-refractivity contribution < 1.29 is 0 Å². The van der Waals surface area contributed by atoms with E-state index >= 15 is 0 Å². The fourth-order valence-electron chi connectivity index (χ4n) is 5.96. The minimum Gasteiger partial charge on any atom is -0.298 e. The van der Waals surface area contributed by atoms with Gasteiger partial charge in [-0.1, -0.05) is 48.5 Å². The van der Waals surface area contributed by atoms with Crippen LogP contribution < -0.4 is 0 Å². The molecule has 0 fully saturated rings. The van der Waals surface area contributed by atoms with Crippen molar-refractivity contribution in [1.82, 2.24) is 14.4 Å². The molecule has 2 aliphatic carbocycles. The molecule has 3 aromatic heterocycles.